The molecular formula is C16H22ClNO2. The van der Waals surface area contributed by atoms with Gasteiger partial charge in [0.15, 0.2) is 0 Å². The zero-order valence-electron chi connectivity index (χ0n) is 11.9. The van der Waals surface area contributed by atoms with Crippen molar-refractivity contribution in [1.82, 2.24) is 4.90 Å². The topological polar surface area (TPSA) is 40.5 Å². The molecule has 1 aromatic carbocycles. The Bertz CT molecular complexity index is 469. The predicted octanol–water partition coefficient (Wildman–Crippen LogP) is 3.81. The summed E-state index contributed by atoms with van der Waals surface area (Å²) in [6.45, 7) is 1.28. The Balaban J connectivity index is 2.04. The summed E-state index contributed by atoms with van der Waals surface area (Å²) >= 11 is 6.17. The zero-order valence-corrected chi connectivity index (χ0v) is 12.7. The van der Waals surface area contributed by atoms with Gasteiger partial charge < -0.3 is 10.0 Å². The zero-order chi connectivity index (χ0) is 14.6. The van der Waals surface area contributed by atoms with Crippen molar-refractivity contribution in [3.05, 3.63) is 34.9 Å². The average molecular weight is 296 g/mol. The van der Waals surface area contributed by atoms with Gasteiger partial charge in [-0.25, -0.2) is 0 Å². The molecule has 1 aliphatic carbocycles. The largest absolute Gasteiger partial charge is 0.481 e. The van der Waals surface area contributed by atoms with E-state index in [0.717, 1.165) is 42.7 Å². The van der Waals surface area contributed by atoms with Crippen molar-refractivity contribution in [3.63, 3.8) is 0 Å². The lowest BCUT2D eigenvalue weighted by atomic mass is 9.73. The smallest absolute Gasteiger partial charge is 0.310 e. The fourth-order valence-electron chi connectivity index (χ4n) is 3.16. The van der Waals surface area contributed by atoms with E-state index in [-0.39, 0.29) is 0 Å². The molecule has 110 valence electrons. The van der Waals surface area contributed by atoms with E-state index < -0.39 is 11.4 Å². The monoisotopic (exact) mass is 295 g/mol. The van der Waals surface area contributed by atoms with Crippen LogP contribution in [0.15, 0.2) is 24.3 Å². The number of carboxylic acid groups (broad SMARTS) is 1. The molecule has 1 aliphatic rings. The molecule has 1 N–H and O–H groups in total. The van der Waals surface area contributed by atoms with Gasteiger partial charge in [0.2, 0.25) is 0 Å². The summed E-state index contributed by atoms with van der Waals surface area (Å²) in [5.41, 5.74) is 0.474. The lowest BCUT2D eigenvalue weighted by Crippen LogP contribution is -2.43. The van der Waals surface area contributed by atoms with Crippen LogP contribution in [0.5, 0.6) is 0 Å². The van der Waals surface area contributed by atoms with E-state index in [1.807, 2.05) is 31.3 Å². The van der Waals surface area contributed by atoms with E-state index in [2.05, 4.69) is 4.90 Å². The van der Waals surface area contributed by atoms with Gasteiger partial charge in [-0.15, -0.1) is 0 Å². The third-order valence-corrected chi connectivity index (χ3v) is 4.60. The molecule has 0 aromatic heterocycles. The number of nitrogens with zero attached hydrogens (tertiary/aromatic N) is 1. The maximum Gasteiger partial charge on any atom is 0.310 e. The maximum absolute atomic E-state index is 11.7. The first-order valence-electron chi connectivity index (χ1n) is 7.19. The van der Waals surface area contributed by atoms with Crippen molar-refractivity contribution in [1.29, 1.82) is 0 Å². The fraction of sp³-hybridized carbons (Fsp3) is 0.562. The minimum Gasteiger partial charge on any atom is -0.481 e. The molecule has 0 heterocycles. The van der Waals surface area contributed by atoms with E-state index in [9.17, 15) is 9.90 Å². The summed E-state index contributed by atoms with van der Waals surface area (Å²) in [6.07, 6.45) is 4.77. The van der Waals surface area contributed by atoms with E-state index in [1.165, 1.54) is 0 Å². The quantitative estimate of drug-likeness (QED) is 0.898. The minimum absolute atomic E-state index is 0.575. The molecule has 2 rings (SSSR count). The number of carbonyl (C=O) groups is 1. The number of carboxylic acids is 1. The van der Waals surface area contributed by atoms with Crippen LogP contribution in [0.2, 0.25) is 5.02 Å². The molecule has 0 radical (unpaired) electrons. The highest BCUT2D eigenvalue weighted by Crippen LogP contribution is 2.37. The second-order valence-corrected chi connectivity index (χ2v) is 6.32. The molecule has 1 saturated carbocycles. The van der Waals surface area contributed by atoms with Crippen LogP contribution in [-0.4, -0.2) is 29.6 Å². The van der Waals surface area contributed by atoms with Crippen LogP contribution in [0.3, 0.4) is 0 Å². The second kappa shape index (κ2) is 6.59. The number of hydrogen-bond donors (Lipinski definition) is 1. The van der Waals surface area contributed by atoms with Gasteiger partial charge in [-0.2, -0.15) is 0 Å². The molecule has 0 aliphatic heterocycles. The first-order chi connectivity index (χ1) is 9.53. The van der Waals surface area contributed by atoms with Crippen molar-refractivity contribution in [2.45, 2.75) is 38.6 Å². The van der Waals surface area contributed by atoms with E-state index in [1.54, 1.807) is 0 Å². The Hall–Kier alpha value is -1.06. The van der Waals surface area contributed by atoms with Gasteiger partial charge in [0.25, 0.3) is 0 Å². The molecule has 20 heavy (non-hydrogen) atoms. The third-order valence-electron chi connectivity index (χ3n) is 4.24. The molecule has 0 unspecified atom stereocenters. The van der Waals surface area contributed by atoms with Crippen LogP contribution in [0.4, 0.5) is 0 Å². The van der Waals surface area contributed by atoms with Crippen molar-refractivity contribution in [2.75, 3.05) is 13.6 Å². The highest BCUT2D eigenvalue weighted by molar-refractivity contribution is 6.31. The summed E-state index contributed by atoms with van der Waals surface area (Å²) in [4.78, 5) is 13.8. The van der Waals surface area contributed by atoms with Crippen LogP contribution < -0.4 is 0 Å². The molecule has 1 fully saturated rings. The lowest BCUT2D eigenvalue weighted by Gasteiger charge is -2.36. The fourth-order valence-corrected chi connectivity index (χ4v) is 3.35. The minimum atomic E-state index is -0.650. The Morgan fingerprint density at radius 3 is 2.55 bits per heavy atom. The standard InChI is InChI=1S/C16H22ClNO2/c1-18(11-13-7-3-4-8-14(13)17)12-16(15(19)20)9-5-2-6-10-16/h3-4,7-8H,2,5-6,9-12H2,1H3,(H,19,20). The summed E-state index contributed by atoms with van der Waals surface area (Å²) in [6, 6.07) is 7.74. The lowest BCUT2D eigenvalue weighted by molar-refractivity contribution is -0.152. The number of rotatable bonds is 5. The van der Waals surface area contributed by atoms with Gasteiger partial charge in [-0.1, -0.05) is 49.1 Å². The van der Waals surface area contributed by atoms with Crippen LogP contribution in [0, 0.1) is 5.41 Å². The summed E-state index contributed by atoms with van der Waals surface area (Å²) in [7, 11) is 1.97. The molecule has 0 amide bonds. The molecule has 0 spiro atoms. The average Bonchev–Trinajstić information content (AvgIpc) is 2.42. The number of hydrogen-bond acceptors (Lipinski definition) is 2. The highest BCUT2D eigenvalue weighted by Gasteiger charge is 2.40. The Morgan fingerprint density at radius 2 is 1.95 bits per heavy atom. The van der Waals surface area contributed by atoms with Gasteiger partial charge in [0.05, 0.1) is 5.41 Å². The highest BCUT2D eigenvalue weighted by atomic mass is 35.5. The van der Waals surface area contributed by atoms with Gasteiger partial charge in [-0.3, -0.25) is 4.79 Å². The first kappa shape index (κ1) is 15.3. The number of aliphatic carboxylic acids is 1. The normalized spacial score (nSPS) is 18.1. The van der Waals surface area contributed by atoms with Crippen molar-refractivity contribution >= 4 is 17.6 Å². The second-order valence-electron chi connectivity index (χ2n) is 5.91. The van der Waals surface area contributed by atoms with E-state index in [4.69, 9.17) is 11.6 Å². The summed E-state index contributed by atoms with van der Waals surface area (Å²) < 4.78 is 0. The van der Waals surface area contributed by atoms with Crippen LogP contribution >= 0.6 is 11.6 Å². The Kier molecular flexibility index (Phi) is 5.06. The summed E-state index contributed by atoms with van der Waals surface area (Å²) in [5.74, 6) is -0.650. The van der Waals surface area contributed by atoms with E-state index >= 15 is 0 Å². The number of benzene rings is 1. The van der Waals surface area contributed by atoms with Crippen molar-refractivity contribution in [2.24, 2.45) is 5.41 Å². The molecular weight excluding hydrogens is 274 g/mol. The third kappa shape index (κ3) is 3.53. The van der Waals surface area contributed by atoms with Crippen molar-refractivity contribution < 1.29 is 9.90 Å². The Labute approximate surface area is 125 Å². The molecule has 4 heteroatoms. The van der Waals surface area contributed by atoms with Crippen molar-refractivity contribution in [3.8, 4) is 0 Å². The summed E-state index contributed by atoms with van der Waals surface area (Å²) in [5, 5.41) is 10.3. The van der Waals surface area contributed by atoms with E-state index in [0.29, 0.717) is 13.1 Å². The Morgan fingerprint density at radius 1 is 1.30 bits per heavy atom. The van der Waals surface area contributed by atoms with Crippen LogP contribution in [0.1, 0.15) is 37.7 Å². The molecule has 0 saturated heterocycles. The molecule has 1 aromatic rings. The maximum atomic E-state index is 11.7. The molecule has 0 atom stereocenters. The van der Waals surface area contributed by atoms with Crippen LogP contribution in [-0.2, 0) is 11.3 Å². The van der Waals surface area contributed by atoms with Gasteiger partial charge in [0.1, 0.15) is 0 Å². The first-order valence-corrected chi connectivity index (χ1v) is 7.57. The number of halogens is 1. The SMILES string of the molecule is CN(Cc1ccccc1Cl)CC1(C(=O)O)CCCCC1. The predicted molar refractivity (Wildman–Crippen MR) is 80.9 cm³/mol. The molecule has 0 bridgehead atoms. The van der Waals surface area contributed by atoms with Gasteiger partial charge >= 0.3 is 5.97 Å². The molecule has 3 nitrogen and oxygen atoms in total. The van der Waals surface area contributed by atoms with Gasteiger partial charge in [-0.05, 0) is 31.5 Å². The van der Waals surface area contributed by atoms with Gasteiger partial charge in [0, 0.05) is 18.1 Å². The van der Waals surface area contributed by atoms with Crippen LogP contribution in [0.25, 0.3) is 0 Å².